The summed E-state index contributed by atoms with van der Waals surface area (Å²) < 4.78 is 22.5. The molecule has 0 aliphatic carbocycles. The molecule has 100 valence electrons. The van der Waals surface area contributed by atoms with E-state index in [1.807, 2.05) is 0 Å². The number of hydrogen-bond acceptors (Lipinski definition) is 5. The Kier molecular flexibility index (Phi) is 3.32. The lowest BCUT2D eigenvalue weighted by Crippen LogP contribution is -2.15. The van der Waals surface area contributed by atoms with E-state index in [4.69, 9.17) is 5.14 Å². The highest BCUT2D eigenvalue weighted by Gasteiger charge is 2.13. The summed E-state index contributed by atoms with van der Waals surface area (Å²) >= 11 is 0. The van der Waals surface area contributed by atoms with Crippen LogP contribution in [0, 0.1) is 6.92 Å². The van der Waals surface area contributed by atoms with Gasteiger partial charge in [0.2, 0.25) is 10.0 Å². The fourth-order valence-electron chi connectivity index (χ4n) is 1.55. The normalized spacial score (nSPS) is 11.3. The highest BCUT2D eigenvalue weighted by Crippen LogP contribution is 2.18. The molecule has 0 spiro atoms. The number of carbonyl (C=O) groups excluding carboxylic acids is 1. The van der Waals surface area contributed by atoms with E-state index in [0.717, 1.165) is 0 Å². The molecule has 0 fully saturated rings. The molecule has 0 atom stereocenters. The first-order valence-electron chi connectivity index (χ1n) is 5.18. The standard InChI is InChI=1S/C10H11N5O3S/c1-6-4-7(2-3-9(6)19(11,17)18)13-10(16)8-5-12-15-14-8/h2-5H,1H3,(H,13,16)(H2,11,17,18)(H,12,14,15). The number of H-pyrrole nitrogens is 1. The Morgan fingerprint density at radius 2 is 2.16 bits per heavy atom. The van der Waals surface area contributed by atoms with E-state index in [1.54, 1.807) is 6.92 Å². The number of nitrogens with one attached hydrogen (secondary N) is 2. The van der Waals surface area contributed by atoms with E-state index in [1.165, 1.54) is 24.4 Å². The van der Waals surface area contributed by atoms with Gasteiger partial charge in [-0.05, 0) is 30.7 Å². The number of aromatic nitrogens is 3. The van der Waals surface area contributed by atoms with E-state index >= 15 is 0 Å². The van der Waals surface area contributed by atoms with Gasteiger partial charge in [0.1, 0.15) is 0 Å². The minimum absolute atomic E-state index is 0.0203. The van der Waals surface area contributed by atoms with Crippen molar-refractivity contribution in [1.82, 2.24) is 15.4 Å². The summed E-state index contributed by atoms with van der Waals surface area (Å²) in [6, 6.07) is 4.30. The molecule has 0 aliphatic rings. The average molecular weight is 281 g/mol. The lowest BCUT2D eigenvalue weighted by atomic mass is 10.2. The number of amides is 1. The summed E-state index contributed by atoms with van der Waals surface area (Å²) in [6.45, 7) is 1.59. The summed E-state index contributed by atoms with van der Waals surface area (Å²) in [5, 5.41) is 17.1. The summed E-state index contributed by atoms with van der Waals surface area (Å²) in [5.41, 5.74) is 1.02. The predicted octanol–water partition coefficient (Wildman–Crippen LogP) is 0.0128. The number of aryl methyl sites for hydroxylation is 1. The van der Waals surface area contributed by atoms with Gasteiger partial charge in [0, 0.05) is 5.69 Å². The minimum Gasteiger partial charge on any atom is -0.321 e. The van der Waals surface area contributed by atoms with Gasteiger partial charge >= 0.3 is 0 Å². The second kappa shape index (κ2) is 4.78. The highest BCUT2D eigenvalue weighted by atomic mass is 32.2. The van der Waals surface area contributed by atoms with Crippen molar-refractivity contribution < 1.29 is 13.2 Å². The van der Waals surface area contributed by atoms with Crippen molar-refractivity contribution in [1.29, 1.82) is 0 Å². The van der Waals surface area contributed by atoms with Gasteiger partial charge in [0.15, 0.2) is 5.69 Å². The molecule has 0 saturated heterocycles. The van der Waals surface area contributed by atoms with Crippen LogP contribution < -0.4 is 10.5 Å². The van der Waals surface area contributed by atoms with E-state index in [0.29, 0.717) is 11.3 Å². The monoisotopic (exact) mass is 281 g/mol. The number of primary sulfonamides is 1. The molecule has 4 N–H and O–H groups in total. The zero-order valence-corrected chi connectivity index (χ0v) is 10.7. The summed E-state index contributed by atoms with van der Waals surface area (Å²) in [4.78, 5) is 11.7. The van der Waals surface area contributed by atoms with Crippen molar-refractivity contribution in [3.8, 4) is 0 Å². The fourth-order valence-corrected chi connectivity index (χ4v) is 2.32. The number of rotatable bonds is 3. The Balaban J connectivity index is 2.24. The predicted molar refractivity (Wildman–Crippen MR) is 66.9 cm³/mol. The summed E-state index contributed by atoms with van der Waals surface area (Å²) in [5.74, 6) is -0.448. The topological polar surface area (TPSA) is 131 Å². The molecule has 1 aromatic heterocycles. The van der Waals surface area contributed by atoms with E-state index in [2.05, 4.69) is 20.7 Å². The molecule has 0 unspecified atom stereocenters. The van der Waals surface area contributed by atoms with Crippen LogP contribution in [0.5, 0.6) is 0 Å². The van der Waals surface area contributed by atoms with Crippen LogP contribution in [0.15, 0.2) is 29.3 Å². The van der Waals surface area contributed by atoms with Crippen LogP contribution in [-0.4, -0.2) is 29.7 Å². The van der Waals surface area contributed by atoms with Crippen LogP contribution in [0.2, 0.25) is 0 Å². The molecule has 0 bridgehead atoms. The molecule has 1 heterocycles. The molecular weight excluding hydrogens is 270 g/mol. The van der Waals surface area contributed by atoms with Gasteiger partial charge in [-0.15, -0.1) is 0 Å². The molecule has 8 nitrogen and oxygen atoms in total. The Morgan fingerprint density at radius 1 is 1.42 bits per heavy atom. The van der Waals surface area contributed by atoms with Gasteiger partial charge in [-0.3, -0.25) is 4.79 Å². The average Bonchev–Trinajstić information content (AvgIpc) is 2.80. The van der Waals surface area contributed by atoms with E-state index in [9.17, 15) is 13.2 Å². The molecule has 0 saturated carbocycles. The van der Waals surface area contributed by atoms with Gasteiger partial charge in [0.25, 0.3) is 5.91 Å². The smallest absolute Gasteiger partial charge is 0.277 e. The molecule has 1 aromatic carbocycles. The summed E-state index contributed by atoms with van der Waals surface area (Å²) in [6.07, 6.45) is 1.28. The van der Waals surface area contributed by atoms with E-state index < -0.39 is 15.9 Å². The molecule has 9 heteroatoms. The zero-order valence-electron chi connectivity index (χ0n) is 9.91. The van der Waals surface area contributed by atoms with Crippen molar-refractivity contribution in [3.05, 3.63) is 35.7 Å². The van der Waals surface area contributed by atoms with Crippen LogP contribution in [-0.2, 0) is 10.0 Å². The highest BCUT2D eigenvalue weighted by molar-refractivity contribution is 7.89. The number of nitrogens with two attached hydrogens (primary N) is 1. The van der Waals surface area contributed by atoms with Crippen molar-refractivity contribution in [2.75, 3.05) is 5.32 Å². The Bertz CT molecular complexity index is 709. The maximum absolute atomic E-state index is 11.7. The Labute approximate surface area is 109 Å². The van der Waals surface area contributed by atoms with Crippen LogP contribution in [0.4, 0.5) is 5.69 Å². The summed E-state index contributed by atoms with van der Waals surface area (Å²) in [7, 11) is -3.76. The zero-order chi connectivity index (χ0) is 14.0. The van der Waals surface area contributed by atoms with Crippen LogP contribution >= 0.6 is 0 Å². The van der Waals surface area contributed by atoms with E-state index in [-0.39, 0.29) is 10.6 Å². The first-order chi connectivity index (χ1) is 8.88. The van der Waals surface area contributed by atoms with Crippen molar-refractivity contribution in [2.45, 2.75) is 11.8 Å². The third-order valence-electron chi connectivity index (χ3n) is 2.39. The maximum Gasteiger partial charge on any atom is 0.277 e. The van der Waals surface area contributed by atoms with Crippen molar-refractivity contribution >= 4 is 21.6 Å². The third-order valence-corrected chi connectivity index (χ3v) is 3.46. The molecule has 1 amide bonds. The first kappa shape index (κ1) is 13.2. The van der Waals surface area contributed by atoms with Crippen molar-refractivity contribution in [3.63, 3.8) is 0 Å². The number of carbonyl (C=O) groups is 1. The lowest BCUT2D eigenvalue weighted by Gasteiger charge is -2.07. The number of hydrogen-bond donors (Lipinski definition) is 3. The van der Waals surface area contributed by atoms with Gasteiger partial charge in [-0.25, -0.2) is 13.6 Å². The SMILES string of the molecule is Cc1cc(NC(=O)c2cn[nH]n2)ccc1S(N)(=O)=O. The van der Waals surface area contributed by atoms with Crippen molar-refractivity contribution in [2.24, 2.45) is 5.14 Å². The quantitative estimate of drug-likeness (QED) is 0.729. The minimum atomic E-state index is -3.76. The second-order valence-corrected chi connectivity index (χ2v) is 5.36. The molecule has 0 aliphatic heterocycles. The van der Waals surface area contributed by atoms with Gasteiger partial charge in [-0.1, -0.05) is 0 Å². The fraction of sp³-hybridized carbons (Fsp3) is 0.100. The largest absolute Gasteiger partial charge is 0.321 e. The molecule has 19 heavy (non-hydrogen) atoms. The number of nitrogens with zero attached hydrogens (tertiary/aromatic N) is 2. The molecule has 2 aromatic rings. The van der Waals surface area contributed by atoms with Crippen LogP contribution in [0.1, 0.15) is 16.1 Å². The third kappa shape index (κ3) is 2.95. The van der Waals surface area contributed by atoms with Gasteiger partial charge in [-0.2, -0.15) is 15.4 Å². The van der Waals surface area contributed by atoms with Gasteiger partial charge < -0.3 is 5.32 Å². The van der Waals surface area contributed by atoms with Crippen LogP contribution in [0.25, 0.3) is 0 Å². The Hall–Kier alpha value is -2.26. The number of sulfonamides is 1. The Morgan fingerprint density at radius 3 is 2.68 bits per heavy atom. The molecule has 0 radical (unpaired) electrons. The number of benzene rings is 1. The molecular formula is C10H11N5O3S. The van der Waals surface area contributed by atoms with Crippen LogP contribution in [0.3, 0.4) is 0 Å². The maximum atomic E-state index is 11.7. The first-order valence-corrected chi connectivity index (χ1v) is 6.73. The number of aromatic amines is 1. The van der Waals surface area contributed by atoms with Gasteiger partial charge in [0.05, 0.1) is 11.1 Å². The molecule has 2 rings (SSSR count). The second-order valence-electron chi connectivity index (χ2n) is 3.83. The number of anilines is 1. The lowest BCUT2D eigenvalue weighted by molar-refractivity contribution is 0.102.